The molecule has 0 spiro atoms. The molecular weight excluding hydrogens is 528 g/mol. The van der Waals surface area contributed by atoms with E-state index in [9.17, 15) is 19.2 Å². The van der Waals surface area contributed by atoms with Crippen molar-refractivity contribution in [3.05, 3.63) is 42.0 Å². The third-order valence-corrected chi connectivity index (χ3v) is 5.63. The predicted octanol–water partition coefficient (Wildman–Crippen LogP) is -4.62. The molecule has 2 heterocycles. The quantitative estimate of drug-likeness (QED) is 0.0622. The summed E-state index contributed by atoms with van der Waals surface area (Å²) >= 11 is 0. The monoisotopic (exact) mass is 568 g/mol. The van der Waals surface area contributed by atoms with Crippen LogP contribution in [0.25, 0.3) is 0 Å². The van der Waals surface area contributed by atoms with Crippen molar-refractivity contribution in [1.29, 1.82) is 0 Å². The van der Waals surface area contributed by atoms with E-state index >= 15 is 0 Å². The first-order valence-corrected chi connectivity index (χ1v) is 12.1. The molecule has 218 valence electrons. The average molecular weight is 569 g/mol. The van der Waals surface area contributed by atoms with Gasteiger partial charge in [-0.25, -0.2) is 4.79 Å². The van der Waals surface area contributed by atoms with Crippen molar-refractivity contribution >= 4 is 29.7 Å². The van der Waals surface area contributed by atoms with Crippen molar-refractivity contribution in [2.75, 3.05) is 20.3 Å². The standard InChI is InChI=1S/C25H36N6O6.CH4.ClH/c1-16(32)29-21-15-17-9-11-18(12-10-17)37-14-6-4-8-20(24(35)36-2)31-22(33)19(30-23(21)34)7-3-5-13-28-25(26)27;;/h4,6,9-12,19-21H,3,5,7-8,13-15H2,1-2H3,(H,29,32)(H,30,34)(H,31,33)(H4,26,27,28);1H4;1H/t19-,20-,21-;;/m0../s1. The number of rotatable bonds is 7. The Morgan fingerprint density at radius 3 is 2.41 bits per heavy atom. The Morgan fingerprint density at radius 1 is 1.10 bits per heavy atom. The summed E-state index contributed by atoms with van der Waals surface area (Å²) in [6, 6.07) is 4.33. The van der Waals surface area contributed by atoms with Gasteiger partial charge in [0, 0.05) is 13.3 Å². The molecule has 0 saturated heterocycles. The maximum atomic E-state index is 13.2. The number of fused-ring (bicyclic) bond motifs is 13. The lowest BCUT2D eigenvalue weighted by Gasteiger charge is -2.24. The third kappa shape index (κ3) is 13.0. The average Bonchev–Trinajstić information content (AvgIpc) is 2.86. The van der Waals surface area contributed by atoms with Crippen LogP contribution in [0.3, 0.4) is 0 Å². The minimum atomic E-state index is -0.958. The lowest BCUT2D eigenvalue weighted by Crippen LogP contribution is -3.00. The number of amides is 3. The Morgan fingerprint density at radius 2 is 1.79 bits per heavy atom. The van der Waals surface area contributed by atoms with E-state index in [4.69, 9.17) is 20.9 Å². The molecule has 12 nitrogen and oxygen atoms in total. The number of ether oxygens (including phenoxy) is 2. The van der Waals surface area contributed by atoms with Crippen LogP contribution in [0.15, 0.2) is 36.4 Å². The number of guanidine groups is 1. The minimum Gasteiger partial charge on any atom is -1.00 e. The van der Waals surface area contributed by atoms with Crippen LogP contribution in [0.1, 0.15) is 45.6 Å². The van der Waals surface area contributed by atoms with E-state index in [2.05, 4.69) is 20.9 Å². The lowest BCUT2D eigenvalue weighted by atomic mass is 10.0. The summed E-state index contributed by atoms with van der Waals surface area (Å²) in [5, 5.41) is 8.08. The number of carbonyl (C=O) groups is 4. The van der Waals surface area contributed by atoms with Crippen molar-refractivity contribution < 1.29 is 46.1 Å². The Balaban J connectivity index is 0.00000722. The van der Waals surface area contributed by atoms with Crippen molar-refractivity contribution in [2.24, 2.45) is 11.5 Å². The molecule has 3 atom stereocenters. The SMILES string of the molecule is C.COC(=O)[C@@H]1CC=CCOc2ccc(cc2)C[C@H](NC(C)=O)C(=O)N[C@@H](CCCC[NH+]=C(N)N)C(=O)N1.[Cl-]. The second kappa shape index (κ2) is 18.5. The number of esters is 1. The van der Waals surface area contributed by atoms with Gasteiger partial charge in [-0.05, 0) is 43.4 Å². The number of carbonyl (C=O) groups excluding carboxylic acids is 4. The summed E-state index contributed by atoms with van der Waals surface area (Å²) in [6.45, 7) is 2.07. The smallest absolute Gasteiger partial charge is 0.338 e. The summed E-state index contributed by atoms with van der Waals surface area (Å²) in [5.41, 5.74) is 11.6. The Bertz CT molecular complexity index is 997. The molecule has 0 aromatic heterocycles. The van der Waals surface area contributed by atoms with E-state index in [0.29, 0.717) is 25.1 Å². The molecule has 1 aromatic carbocycles. The van der Waals surface area contributed by atoms with E-state index in [1.807, 2.05) is 12.1 Å². The van der Waals surface area contributed by atoms with Gasteiger partial charge in [-0.3, -0.25) is 30.8 Å². The third-order valence-electron chi connectivity index (χ3n) is 5.63. The normalized spacial score (nSPS) is 19.5. The van der Waals surface area contributed by atoms with Crippen LogP contribution in [-0.2, 0) is 30.3 Å². The lowest BCUT2D eigenvalue weighted by molar-refractivity contribution is -0.459. The molecule has 2 aliphatic rings. The fraction of sp³-hybridized carbons (Fsp3) is 0.500. The van der Waals surface area contributed by atoms with Crippen molar-refractivity contribution in [3.8, 4) is 5.75 Å². The second-order valence-corrected chi connectivity index (χ2v) is 8.64. The highest BCUT2D eigenvalue weighted by Crippen LogP contribution is 2.14. The molecule has 13 heteroatoms. The topological polar surface area (TPSA) is 189 Å². The molecule has 39 heavy (non-hydrogen) atoms. The number of hydrogen-bond acceptors (Lipinski definition) is 6. The number of hydrogen-bond donors (Lipinski definition) is 6. The molecule has 2 bridgehead atoms. The molecule has 0 saturated carbocycles. The van der Waals surface area contributed by atoms with Gasteiger partial charge in [0.1, 0.15) is 30.5 Å². The van der Waals surface area contributed by atoms with Crippen LogP contribution >= 0.6 is 0 Å². The zero-order valence-corrected chi connectivity index (χ0v) is 22.4. The molecule has 8 N–H and O–H groups in total. The maximum Gasteiger partial charge on any atom is 0.338 e. The van der Waals surface area contributed by atoms with E-state index in [1.165, 1.54) is 14.0 Å². The van der Waals surface area contributed by atoms with Gasteiger partial charge in [-0.2, -0.15) is 0 Å². The second-order valence-electron chi connectivity index (χ2n) is 8.64. The van der Waals surface area contributed by atoms with Crippen LogP contribution in [0, 0.1) is 0 Å². The zero-order chi connectivity index (χ0) is 27.2. The van der Waals surface area contributed by atoms with Gasteiger partial charge < -0.3 is 37.8 Å². The van der Waals surface area contributed by atoms with Gasteiger partial charge in [0.15, 0.2) is 0 Å². The first-order valence-electron chi connectivity index (χ1n) is 12.1. The van der Waals surface area contributed by atoms with Gasteiger partial charge in [0.25, 0.3) is 0 Å². The van der Waals surface area contributed by atoms with Gasteiger partial charge in [-0.15, -0.1) is 0 Å². The van der Waals surface area contributed by atoms with Gasteiger partial charge in [0.05, 0.1) is 13.7 Å². The predicted molar refractivity (Wildman–Crippen MR) is 143 cm³/mol. The summed E-state index contributed by atoms with van der Waals surface area (Å²) < 4.78 is 10.5. The first-order chi connectivity index (χ1) is 17.7. The number of halogens is 1. The number of unbranched alkanes of at least 4 members (excludes halogenated alkanes) is 1. The summed E-state index contributed by atoms with van der Waals surface area (Å²) in [7, 11) is 1.23. The van der Waals surface area contributed by atoms with Gasteiger partial charge in [0.2, 0.25) is 17.7 Å². The molecule has 3 amide bonds. The number of methoxy groups -OCH3 is 1. The van der Waals surface area contributed by atoms with Gasteiger partial charge >= 0.3 is 11.9 Å². The van der Waals surface area contributed by atoms with Crippen molar-refractivity contribution in [2.45, 2.75) is 64.6 Å². The van der Waals surface area contributed by atoms with Crippen LogP contribution < -0.4 is 49.6 Å². The Labute approximate surface area is 235 Å². The van der Waals surface area contributed by atoms with E-state index in [-0.39, 0.29) is 57.6 Å². The number of nitrogens with one attached hydrogen (secondary N) is 4. The molecule has 1 aromatic rings. The van der Waals surface area contributed by atoms with Crippen LogP contribution in [0.4, 0.5) is 0 Å². The van der Waals surface area contributed by atoms with E-state index < -0.39 is 35.9 Å². The Kier molecular flexibility index (Phi) is 16.7. The van der Waals surface area contributed by atoms with Crippen molar-refractivity contribution in [3.63, 3.8) is 0 Å². The van der Waals surface area contributed by atoms with Crippen molar-refractivity contribution in [1.82, 2.24) is 16.0 Å². The largest absolute Gasteiger partial charge is 1.00 e. The van der Waals surface area contributed by atoms with Gasteiger partial charge in [-0.1, -0.05) is 31.7 Å². The summed E-state index contributed by atoms with van der Waals surface area (Å²) in [5.74, 6) is -1.35. The summed E-state index contributed by atoms with van der Waals surface area (Å²) in [4.78, 5) is 53.4. The maximum absolute atomic E-state index is 13.2. The highest BCUT2D eigenvalue weighted by molar-refractivity contribution is 5.93. The fourth-order valence-corrected chi connectivity index (χ4v) is 3.73. The number of benzene rings is 1. The Hall–Kier alpha value is -3.80. The van der Waals surface area contributed by atoms with Crippen LogP contribution in [-0.4, -0.2) is 68.0 Å². The molecular formula is C26H41ClN6O6. The fourth-order valence-electron chi connectivity index (χ4n) is 3.73. The molecule has 0 aliphatic carbocycles. The van der Waals surface area contributed by atoms with E-state index in [1.54, 1.807) is 24.3 Å². The molecule has 3 rings (SSSR count). The zero-order valence-electron chi connectivity index (χ0n) is 21.6. The molecule has 0 radical (unpaired) electrons. The highest BCUT2D eigenvalue weighted by Gasteiger charge is 2.29. The first kappa shape index (κ1) is 35.2. The molecule has 0 fully saturated rings. The summed E-state index contributed by atoms with van der Waals surface area (Å²) in [6.07, 6.45) is 5.29. The molecule has 2 aliphatic heterocycles. The minimum absolute atomic E-state index is 0. The van der Waals surface area contributed by atoms with Crippen LogP contribution in [0.2, 0.25) is 0 Å². The van der Waals surface area contributed by atoms with Crippen LogP contribution in [0.5, 0.6) is 5.75 Å². The highest BCUT2D eigenvalue weighted by atomic mass is 35.5. The van der Waals surface area contributed by atoms with E-state index in [0.717, 1.165) is 5.56 Å². The number of nitrogens with two attached hydrogens (primary N) is 2. The molecule has 0 unspecified atom stereocenters.